The molecule has 0 amide bonds. The first-order valence-electron chi connectivity index (χ1n) is 9.31. The topological polar surface area (TPSA) is 73.8 Å². The van der Waals surface area contributed by atoms with Gasteiger partial charge in [-0.25, -0.2) is 8.42 Å². The van der Waals surface area contributed by atoms with Gasteiger partial charge in [-0.3, -0.25) is 4.99 Å². The summed E-state index contributed by atoms with van der Waals surface area (Å²) in [6.07, 6.45) is 1.36. The number of guanidine groups is 1. The van der Waals surface area contributed by atoms with Crippen LogP contribution >= 0.6 is 24.0 Å². The Morgan fingerprint density at radius 3 is 2.41 bits per heavy atom. The highest BCUT2D eigenvalue weighted by molar-refractivity contribution is 14.0. The summed E-state index contributed by atoms with van der Waals surface area (Å²) in [4.78, 5) is 4.53. The summed E-state index contributed by atoms with van der Waals surface area (Å²) in [5.74, 6) is 0.591. The highest BCUT2D eigenvalue weighted by Gasteiger charge is 2.50. The highest BCUT2D eigenvalue weighted by atomic mass is 127. The summed E-state index contributed by atoms with van der Waals surface area (Å²) >= 11 is 0. The lowest BCUT2D eigenvalue weighted by Crippen LogP contribution is -2.51. The molecule has 2 rings (SSSR count). The Kier molecular flexibility index (Phi) is 10.2. The van der Waals surface area contributed by atoms with Crippen LogP contribution in [0.5, 0.6) is 0 Å². The molecule has 1 saturated heterocycles. The van der Waals surface area contributed by atoms with Gasteiger partial charge in [-0.2, -0.15) is 17.5 Å². The number of aryl methyl sites for hydroxylation is 1. The second kappa shape index (κ2) is 11.3. The Labute approximate surface area is 187 Å². The van der Waals surface area contributed by atoms with E-state index in [1.807, 2.05) is 32.0 Å². The molecule has 29 heavy (non-hydrogen) atoms. The molecule has 166 valence electrons. The van der Waals surface area contributed by atoms with Crippen LogP contribution in [0, 0.1) is 6.92 Å². The van der Waals surface area contributed by atoms with Crippen LogP contribution in [0.15, 0.2) is 29.3 Å². The molecule has 6 nitrogen and oxygen atoms in total. The molecule has 0 atom stereocenters. The molecule has 1 heterocycles. The first-order chi connectivity index (χ1) is 13.1. The van der Waals surface area contributed by atoms with Crippen LogP contribution in [0.1, 0.15) is 30.9 Å². The number of rotatable bonds is 6. The Hall–Kier alpha value is -1.08. The average molecular weight is 548 g/mol. The number of halogens is 4. The maximum atomic E-state index is 12.7. The van der Waals surface area contributed by atoms with Crippen LogP contribution in [0.25, 0.3) is 0 Å². The van der Waals surface area contributed by atoms with Crippen molar-refractivity contribution in [1.82, 2.24) is 14.9 Å². The third kappa shape index (κ3) is 7.28. The van der Waals surface area contributed by atoms with Gasteiger partial charge in [0.05, 0.1) is 0 Å². The molecule has 0 unspecified atom stereocenters. The number of alkyl halides is 3. The SMILES string of the molecule is CCNC(=NCCc1ccccc1C)NC1CCN(S(=O)(=O)C(F)(F)F)CC1.I. The van der Waals surface area contributed by atoms with Gasteiger partial charge < -0.3 is 10.6 Å². The monoisotopic (exact) mass is 548 g/mol. The normalized spacial score (nSPS) is 16.9. The van der Waals surface area contributed by atoms with E-state index in [-0.39, 0.29) is 55.9 Å². The summed E-state index contributed by atoms with van der Waals surface area (Å²) in [5, 5.41) is 6.33. The van der Waals surface area contributed by atoms with Gasteiger partial charge in [-0.05, 0) is 44.2 Å². The Morgan fingerprint density at radius 1 is 1.24 bits per heavy atom. The zero-order chi connectivity index (χ0) is 20.8. The molecule has 11 heteroatoms. The van der Waals surface area contributed by atoms with Crippen molar-refractivity contribution in [2.75, 3.05) is 26.2 Å². The van der Waals surface area contributed by atoms with Crippen molar-refractivity contribution >= 4 is 40.0 Å². The van der Waals surface area contributed by atoms with Gasteiger partial charge in [0, 0.05) is 32.2 Å². The minimum absolute atomic E-state index is 0. The Balaban J connectivity index is 0.00000420. The maximum absolute atomic E-state index is 12.7. The lowest BCUT2D eigenvalue weighted by atomic mass is 10.1. The van der Waals surface area contributed by atoms with E-state index in [1.165, 1.54) is 11.1 Å². The first-order valence-corrected chi connectivity index (χ1v) is 10.7. The number of benzene rings is 1. The molecular formula is C18H28F3IN4O2S. The number of sulfonamides is 1. The van der Waals surface area contributed by atoms with Gasteiger partial charge in [0.1, 0.15) is 0 Å². The smallest absolute Gasteiger partial charge is 0.357 e. The first kappa shape index (κ1) is 26.0. The van der Waals surface area contributed by atoms with Crippen LogP contribution in [0.2, 0.25) is 0 Å². The summed E-state index contributed by atoms with van der Waals surface area (Å²) in [5.41, 5.74) is -2.83. The van der Waals surface area contributed by atoms with Crippen LogP contribution < -0.4 is 10.6 Å². The predicted octanol–water partition coefficient (Wildman–Crippen LogP) is 3.02. The van der Waals surface area contributed by atoms with Crippen molar-refractivity contribution in [2.45, 2.75) is 44.7 Å². The van der Waals surface area contributed by atoms with Crippen molar-refractivity contribution < 1.29 is 21.6 Å². The van der Waals surface area contributed by atoms with E-state index >= 15 is 0 Å². The van der Waals surface area contributed by atoms with Gasteiger partial charge in [-0.1, -0.05) is 24.3 Å². The molecule has 1 aromatic carbocycles. The van der Waals surface area contributed by atoms with Crippen LogP contribution in [0.4, 0.5) is 13.2 Å². The standard InChI is InChI=1S/C18H27F3N4O2S.HI/c1-3-22-17(23-11-8-15-7-5-4-6-14(15)2)24-16-9-12-25(13-10-16)28(26,27)18(19,20)21;/h4-7,16H,3,8-13H2,1-2H3,(H2,22,23,24);1H. The molecule has 0 aromatic heterocycles. The quantitative estimate of drug-likeness (QED) is 0.326. The van der Waals surface area contributed by atoms with Gasteiger partial charge in [0.15, 0.2) is 5.96 Å². The molecule has 1 aromatic rings. The van der Waals surface area contributed by atoms with Gasteiger partial charge in [0.2, 0.25) is 0 Å². The second-order valence-electron chi connectivity index (χ2n) is 6.71. The number of aliphatic imine (C=N–C) groups is 1. The third-order valence-corrected chi connectivity index (χ3v) is 6.31. The van der Waals surface area contributed by atoms with E-state index in [0.717, 1.165) is 6.42 Å². The lowest BCUT2D eigenvalue weighted by Gasteiger charge is -2.32. The van der Waals surface area contributed by atoms with Gasteiger partial charge >= 0.3 is 15.5 Å². The average Bonchev–Trinajstić information content (AvgIpc) is 2.63. The molecule has 0 spiro atoms. The minimum Gasteiger partial charge on any atom is -0.357 e. The van der Waals surface area contributed by atoms with Crippen molar-refractivity contribution in [2.24, 2.45) is 4.99 Å². The largest absolute Gasteiger partial charge is 0.511 e. The Morgan fingerprint density at radius 2 is 1.86 bits per heavy atom. The van der Waals surface area contributed by atoms with E-state index in [0.29, 0.717) is 23.4 Å². The number of nitrogens with zero attached hydrogens (tertiary/aromatic N) is 2. The number of hydrogen-bond donors (Lipinski definition) is 2. The molecular weight excluding hydrogens is 520 g/mol. The van der Waals surface area contributed by atoms with Crippen molar-refractivity contribution in [3.8, 4) is 0 Å². The molecule has 0 radical (unpaired) electrons. The fourth-order valence-corrected chi connectivity index (χ4v) is 4.06. The highest BCUT2D eigenvalue weighted by Crippen LogP contribution is 2.28. The molecule has 1 fully saturated rings. The summed E-state index contributed by atoms with van der Waals surface area (Å²) < 4.78 is 61.5. The van der Waals surface area contributed by atoms with E-state index in [2.05, 4.69) is 21.7 Å². The number of hydrogen-bond acceptors (Lipinski definition) is 3. The van der Waals surface area contributed by atoms with E-state index in [9.17, 15) is 21.6 Å². The zero-order valence-electron chi connectivity index (χ0n) is 16.5. The number of piperidine rings is 1. The minimum atomic E-state index is -5.25. The van der Waals surface area contributed by atoms with Gasteiger partial charge in [0.25, 0.3) is 0 Å². The van der Waals surface area contributed by atoms with Crippen molar-refractivity contribution in [3.05, 3.63) is 35.4 Å². The van der Waals surface area contributed by atoms with E-state index in [1.54, 1.807) is 0 Å². The fraction of sp³-hybridized carbons (Fsp3) is 0.611. The second-order valence-corrected chi connectivity index (χ2v) is 8.64. The summed E-state index contributed by atoms with van der Waals surface area (Å²) in [7, 11) is -5.25. The molecule has 0 bridgehead atoms. The van der Waals surface area contributed by atoms with E-state index < -0.39 is 15.5 Å². The molecule has 0 aliphatic carbocycles. The molecule has 1 aliphatic rings. The molecule has 0 saturated carbocycles. The van der Waals surface area contributed by atoms with Crippen LogP contribution in [-0.4, -0.2) is 56.4 Å². The summed E-state index contributed by atoms with van der Waals surface area (Å²) in [6.45, 7) is 4.87. The van der Waals surface area contributed by atoms with Crippen LogP contribution in [-0.2, 0) is 16.4 Å². The van der Waals surface area contributed by atoms with E-state index in [4.69, 9.17) is 0 Å². The third-order valence-electron chi connectivity index (χ3n) is 4.68. The fourth-order valence-electron chi connectivity index (χ4n) is 3.08. The molecule has 2 N–H and O–H groups in total. The summed E-state index contributed by atoms with van der Waals surface area (Å²) in [6, 6.07) is 7.95. The predicted molar refractivity (Wildman–Crippen MR) is 119 cm³/mol. The zero-order valence-corrected chi connectivity index (χ0v) is 19.6. The lowest BCUT2D eigenvalue weighted by molar-refractivity contribution is -0.0494. The Bertz CT molecular complexity index is 780. The number of nitrogens with one attached hydrogen (secondary N) is 2. The van der Waals surface area contributed by atoms with Crippen molar-refractivity contribution in [1.29, 1.82) is 0 Å². The molecule has 1 aliphatic heterocycles. The maximum Gasteiger partial charge on any atom is 0.511 e. The van der Waals surface area contributed by atoms with Crippen LogP contribution in [0.3, 0.4) is 0 Å². The van der Waals surface area contributed by atoms with Crippen molar-refractivity contribution in [3.63, 3.8) is 0 Å². The van der Waals surface area contributed by atoms with Gasteiger partial charge in [-0.15, -0.1) is 24.0 Å².